The summed E-state index contributed by atoms with van der Waals surface area (Å²) >= 11 is 5.10. The van der Waals surface area contributed by atoms with Gasteiger partial charge in [0, 0.05) is 30.2 Å². The monoisotopic (exact) mass is 301 g/mol. The van der Waals surface area contributed by atoms with Gasteiger partial charge in [0.1, 0.15) is 4.99 Å². The molecule has 4 nitrogen and oxygen atoms in total. The van der Waals surface area contributed by atoms with Gasteiger partial charge in [-0.25, -0.2) is 0 Å². The van der Waals surface area contributed by atoms with E-state index in [0.717, 1.165) is 22.0 Å². The number of benzene rings is 2. The minimum atomic E-state index is 0.00232. The molecule has 0 heterocycles. The fourth-order valence-electron chi connectivity index (χ4n) is 2.38. The lowest BCUT2D eigenvalue weighted by Crippen LogP contribution is -2.35. The van der Waals surface area contributed by atoms with Crippen LogP contribution in [-0.4, -0.2) is 31.0 Å². The number of rotatable bonds is 5. The second-order valence-corrected chi connectivity index (χ2v) is 5.29. The molecule has 0 aliphatic rings. The number of likely N-dealkylation sites (N-methyl/N-ethyl adjacent to an activating group) is 2. The van der Waals surface area contributed by atoms with Gasteiger partial charge < -0.3 is 16.0 Å². The zero-order valence-corrected chi connectivity index (χ0v) is 13.0. The molecule has 5 heteroatoms. The first-order chi connectivity index (χ1) is 10.0. The topological polar surface area (TPSA) is 58.4 Å². The molecule has 3 N–H and O–H groups in total. The van der Waals surface area contributed by atoms with Crippen LogP contribution in [0, 0.1) is 0 Å². The average Bonchev–Trinajstić information content (AvgIpc) is 2.45. The van der Waals surface area contributed by atoms with E-state index in [1.165, 1.54) is 0 Å². The van der Waals surface area contributed by atoms with Gasteiger partial charge in [-0.1, -0.05) is 36.5 Å². The van der Waals surface area contributed by atoms with Gasteiger partial charge >= 0.3 is 0 Å². The predicted molar refractivity (Wildman–Crippen MR) is 91.8 cm³/mol. The Hall–Kier alpha value is -2.14. The Labute approximate surface area is 129 Å². The average molecular weight is 301 g/mol. The van der Waals surface area contributed by atoms with E-state index >= 15 is 0 Å². The molecule has 0 aliphatic heterocycles. The highest BCUT2D eigenvalue weighted by Crippen LogP contribution is 2.28. The largest absolute Gasteiger partial charge is 0.389 e. The quantitative estimate of drug-likeness (QED) is 0.830. The number of hydrogen-bond acceptors (Lipinski definition) is 3. The molecule has 2 rings (SSSR count). The number of hydrogen-bond donors (Lipinski definition) is 2. The van der Waals surface area contributed by atoms with Crippen molar-refractivity contribution in [1.82, 2.24) is 5.32 Å². The molecule has 0 saturated heterocycles. The van der Waals surface area contributed by atoms with Crippen molar-refractivity contribution in [2.45, 2.75) is 6.92 Å². The zero-order valence-electron chi connectivity index (χ0n) is 12.2. The second kappa shape index (κ2) is 6.54. The highest BCUT2D eigenvalue weighted by molar-refractivity contribution is 7.80. The summed E-state index contributed by atoms with van der Waals surface area (Å²) in [6.07, 6.45) is 0. The fourth-order valence-corrected chi connectivity index (χ4v) is 2.56. The van der Waals surface area contributed by atoms with Crippen LogP contribution in [0.1, 0.15) is 12.5 Å². The standard InChI is InChI=1S/C16H19N3OS/c1-3-18-15(20)10-19(2)14-9-8-13(16(17)21)11-6-4-5-7-12(11)14/h4-9H,3,10H2,1-2H3,(H2,17,21)(H,18,20). The van der Waals surface area contributed by atoms with Crippen LogP contribution in [0.15, 0.2) is 36.4 Å². The summed E-state index contributed by atoms with van der Waals surface area (Å²) in [5.41, 5.74) is 7.62. The number of fused-ring (bicyclic) bond motifs is 1. The van der Waals surface area contributed by atoms with E-state index in [0.29, 0.717) is 18.1 Å². The highest BCUT2D eigenvalue weighted by Gasteiger charge is 2.12. The van der Waals surface area contributed by atoms with Crippen molar-refractivity contribution < 1.29 is 4.79 Å². The van der Waals surface area contributed by atoms with Gasteiger partial charge in [0.15, 0.2) is 0 Å². The molecular weight excluding hydrogens is 282 g/mol. The smallest absolute Gasteiger partial charge is 0.239 e. The van der Waals surface area contributed by atoms with Crippen molar-refractivity contribution in [1.29, 1.82) is 0 Å². The molecule has 2 aromatic rings. The molecule has 1 amide bonds. The Kier molecular flexibility index (Phi) is 4.75. The molecule has 21 heavy (non-hydrogen) atoms. The Morgan fingerprint density at radius 3 is 2.52 bits per heavy atom. The minimum absolute atomic E-state index is 0.00232. The van der Waals surface area contributed by atoms with E-state index < -0.39 is 0 Å². The maximum atomic E-state index is 11.7. The van der Waals surface area contributed by atoms with Gasteiger partial charge in [-0.2, -0.15) is 0 Å². The Morgan fingerprint density at radius 2 is 1.90 bits per heavy atom. The molecule has 0 unspecified atom stereocenters. The summed E-state index contributed by atoms with van der Waals surface area (Å²) < 4.78 is 0. The predicted octanol–water partition coefficient (Wildman–Crippen LogP) is 2.05. The van der Waals surface area contributed by atoms with Crippen LogP contribution in [0.25, 0.3) is 10.8 Å². The molecule has 0 spiro atoms. The number of nitrogens with zero attached hydrogens (tertiary/aromatic N) is 1. The van der Waals surface area contributed by atoms with Crippen LogP contribution in [0.5, 0.6) is 0 Å². The Balaban J connectivity index is 2.43. The summed E-state index contributed by atoms with van der Waals surface area (Å²) in [4.78, 5) is 14.1. The number of nitrogens with one attached hydrogen (secondary N) is 1. The summed E-state index contributed by atoms with van der Waals surface area (Å²) in [5.74, 6) is 0.00232. The molecule has 0 atom stereocenters. The molecule has 0 radical (unpaired) electrons. The third-order valence-electron chi connectivity index (χ3n) is 3.33. The number of nitrogens with two attached hydrogens (primary N) is 1. The molecular formula is C16H19N3OS. The molecule has 0 bridgehead atoms. The van der Waals surface area contributed by atoms with Crippen molar-refractivity contribution in [3.05, 3.63) is 42.0 Å². The lowest BCUT2D eigenvalue weighted by molar-refractivity contribution is -0.119. The van der Waals surface area contributed by atoms with E-state index in [2.05, 4.69) is 5.32 Å². The third-order valence-corrected chi connectivity index (χ3v) is 3.55. The van der Waals surface area contributed by atoms with Gasteiger partial charge in [-0.05, 0) is 24.4 Å². The first-order valence-corrected chi connectivity index (χ1v) is 7.24. The zero-order chi connectivity index (χ0) is 15.4. The van der Waals surface area contributed by atoms with Crippen LogP contribution >= 0.6 is 12.2 Å². The first-order valence-electron chi connectivity index (χ1n) is 6.84. The number of anilines is 1. The summed E-state index contributed by atoms with van der Waals surface area (Å²) in [7, 11) is 1.90. The van der Waals surface area contributed by atoms with Crippen LogP contribution in [0.3, 0.4) is 0 Å². The van der Waals surface area contributed by atoms with Gasteiger partial charge in [-0.15, -0.1) is 0 Å². The highest BCUT2D eigenvalue weighted by atomic mass is 32.1. The van der Waals surface area contributed by atoms with Crippen molar-refractivity contribution >= 4 is 39.6 Å². The van der Waals surface area contributed by atoms with E-state index in [9.17, 15) is 4.79 Å². The van der Waals surface area contributed by atoms with Crippen molar-refractivity contribution in [3.8, 4) is 0 Å². The van der Waals surface area contributed by atoms with Crippen LogP contribution in [-0.2, 0) is 4.79 Å². The molecule has 0 aliphatic carbocycles. The molecule has 0 saturated carbocycles. The van der Waals surface area contributed by atoms with E-state index in [4.69, 9.17) is 18.0 Å². The maximum Gasteiger partial charge on any atom is 0.239 e. The molecule has 0 aromatic heterocycles. The lowest BCUT2D eigenvalue weighted by Gasteiger charge is -2.21. The summed E-state index contributed by atoms with van der Waals surface area (Å²) in [5, 5.41) is 4.84. The molecule has 0 fully saturated rings. The van der Waals surface area contributed by atoms with Crippen molar-refractivity contribution in [2.24, 2.45) is 5.73 Å². The number of carbonyl (C=O) groups is 1. The Bertz CT molecular complexity index is 684. The van der Waals surface area contributed by atoms with E-state index in [-0.39, 0.29) is 5.91 Å². The van der Waals surface area contributed by atoms with Crippen molar-refractivity contribution in [2.75, 3.05) is 25.0 Å². The van der Waals surface area contributed by atoms with Crippen LogP contribution in [0.4, 0.5) is 5.69 Å². The summed E-state index contributed by atoms with van der Waals surface area (Å²) in [6, 6.07) is 11.8. The number of carbonyl (C=O) groups excluding carboxylic acids is 1. The third kappa shape index (κ3) is 3.31. The second-order valence-electron chi connectivity index (χ2n) is 4.85. The van der Waals surface area contributed by atoms with Gasteiger partial charge in [0.25, 0.3) is 0 Å². The lowest BCUT2D eigenvalue weighted by atomic mass is 10.0. The Morgan fingerprint density at radius 1 is 1.24 bits per heavy atom. The van der Waals surface area contributed by atoms with Gasteiger partial charge in [0.2, 0.25) is 5.91 Å². The first kappa shape index (κ1) is 15.3. The number of amides is 1. The van der Waals surface area contributed by atoms with Crippen LogP contribution < -0.4 is 16.0 Å². The molecule has 2 aromatic carbocycles. The van der Waals surface area contributed by atoms with Gasteiger partial charge in [0.05, 0.1) is 6.54 Å². The SMILES string of the molecule is CCNC(=O)CN(C)c1ccc(C(N)=S)c2ccccc12. The van der Waals surface area contributed by atoms with Crippen molar-refractivity contribution in [3.63, 3.8) is 0 Å². The fraction of sp³-hybridized carbons (Fsp3) is 0.250. The summed E-state index contributed by atoms with van der Waals surface area (Å²) in [6.45, 7) is 2.85. The van der Waals surface area contributed by atoms with E-state index in [1.54, 1.807) is 0 Å². The van der Waals surface area contributed by atoms with Gasteiger partial charge in [-0.3, -0.25) is 4.79 Å². The van der Waals surface area contributed by atoms with Crippen LogP contribution in [0.2, 0.25) is 0 Å². The normalized spacial score (nSPS) is 10.4. The van der Waals surface area contributed by atoms with E-state index in [1.807, 2.05) is 55.3 Å². The molecule has 110 valence electrons. The number of thiocarbonyl (C=S) groups is 1. The maximum absolute atomic E-state index is 11.7. The minimum Gasteiger partial charge on any atom is -0.389 e.